The predicted molar refractivity (Wildman–Crippen MR) is 170 cm³/mol. The molecule has 6 nitrogen and oxygen atoms in total. The molecular weight excluding hydrogens is 536 g/mol. The molecule has 1 fully saturated rings. The zero-order valence-corrected chi connectivity index (χ0v) is 25.4. The molecule has 0 saturated carbocycles. The number of likely N-dealkylation sites (N-methyl/N-ethyl adjacent to an activating group) is 1. The van der Waals surface area contributed by atoms with Crippen molar-refractivity contribution in [3.8, 4) is 11.1 Å². The quantitative estimate of drug-likeness (QED) is 0.213. The third kappa shape index (κ3) is 7.59. The number of nitrogens with zero attached hydrogens (tertiary/aromatic N) is 1. The summed E-state index contributed by atoms with van der Waals surface area (Å²) in [5, 5.41) is 12.4. The number of rotatable bonds is 10. The summed E-state index contributed by atoms with van der Waals surface area (Å²) in [6.07, 6.45) is -0.756. The molecule has 0 aliphatic carbocycles. The second-order valence-corrected chi connectivity index (χ2v) is 11.6. The average molecular weight is 579 g/mol. The molecule has 0 spiro atoms. The fourth-order valence-electron chi connectivity index (χ4n) is 5.68. The van der Waals surface area contributed by atoms with Crippen molar-refractivity contribution in [3.63, 3.8) is 0 Å². The van der Waals surface area contributed by atoms with Crippen molar-refractivity contribution in [1.29, 1.82) is 0 Å². The first kappa shape index (κ1) is 30.6. The molecule has 1 heterocycles. The van der Waals surface area contributed by atoms with Gasteiger partial charge in [-0.05, 0) is 53.4 Å². The smallest absolute Gasteiger partial charge is 0.217 e. The summed E-state index contributed by atoms with van der Waals surface area (Å²) in [5.41, 5.74) is 7.42. The van der Waals surface area contributed by atoms with E-state index in [-0.39, 0.29) is 36.7 Å². The minimum atomic E-state index is -0.524. The van der Waals surface area contributed by atoms with Crippen LogP contribution in [0.3, 0.4) is 0 Å². The van der Waals surface area contributed by atoms with Gasteiger partial charge in [0.25, 0.3) is 0 Å². The highest BCUT2D eigenvalue weighted by Crippen LogP contribution is 2.42. The maximum absolute atomic E-state index is 11.4. The monoisotopic (exact) mass is 578 g/mol. The van der Waals surface area contributed by atoms with Crippen LogP contribution >= 0.6 is 0 Å². The Hall–Kier alpha value is -3.81. The molecule has 0 unspecified atom stereocenters. The summed E-state index contributed by atoms with van der Waals surface area (Å²) >= 11 is 0. The summed E-state index contributed by atoms with van der Waals surface area (Å²) in [5.74, 6) is 0.0606. The Bertz CT molecular complexity index is 1470. The molecule has 4 aromatic carbocycles. The number of hydrogen-bond acceptors (Lipinski definition) is 5. The van der Waals surface area contributed by atoms with Crippen molar-refractivity contribution in [2.75, 3.05) is 13.6 Å². The fraction of sp³-hybridized carbons (Fsp3) is 0.324. The van der Waals surface area contributed by atoms with E-state index in [1.54, 1.807) is 0 Å². The van der Waals surface area contributed by atoms with Crippen LogP contribution in [0.25, 0.3) is 11.1 Å². The van der Waals surface area contributed by atoms with E-state index in [1.165, 1.54) is 12.5 Å². The van der Waals surface area contributed by atoms with Crippen LogP contribution in [-0.2, 0) is 27.4 Å². The first-order valence-electron chi connectivity index (χ1n) is 15.0. The molecule has 0 bridgehead atoms. The second kappa shape index (κ2) is 14.1. The van der Waals surface area contributed by atoms with Gasteiger partial charge in [-0.2, -0.15) is 0 Å². The SMILES string of the molecule is CC(=O)NCc1cccc(-c2ccc([C@@H]3O[C@H](CN(C)[C@@H](C)c4ccccc4)[C@H](C)[C@H](c4ccc(CO)cc4)O3)cc2)c1. The van der Waals surface area contributed by atoms with E-state index in [1.807, 2.05) is 30.3 Å². The van der Waals surface area contributed by atoms with Crippen LogP contribution in [0.1, 0.15) is 67.0 Å². The minimum Gasteiger partial charge on any atom is -0.392 e. The highest BCUT2D eigenvalue weighted by Gasteiger charge is 2.39. The Balaban J connectivity index is 1.38. The van der Waals surface area contributed by atoms with Gasteiger partial charge in [0.1, 0.15) is 0 Å². The molecular formula is C37H42N2O4. The highest BCUT2D eigenvalue weighted by atomic mass is 16.7. The van der Waals surface area contributed by atoms with Crippen molar-refractivity contribution in [2.45, 2.75) is 58.5 Å². The number of carbonyl (C=O) groups is 1. The lowest BCUT2D eigenvalue weighted by Crippen LogP contribution is -2.44. The van der Waals surface area contributed by atoms with Crippen LogP contribution in [0.2, 0.25) is 0 Å². The minimum absolute atomic E-state index is 0.0143. The van der Waals surface area contributed by atoms with Crippen LogP contribution in [-0.4, -0.2) is 35.6 Å². The number of aliphatic hydroxyl groups excluding tert-OH is 1. The number of carbonyl (C=O) groups excluding carboxylic acids is 1. The Morgan fingerprint density at radius 2 is 1.56 bits per heavy atom. The lowest BCUT2D eigenvalue weighted by atomic mass is 9.89. The van der Waals surface area contributed by atoms with Crippen molar-refractivity contribution >= 4 is 5.91 Å². The first-order chi connectivity index (χ1) is 20.8. The van der Waals surface area contributed by atoms with Crippen LogP contribution in [0.4, 0.5) is 0 Å². The lowest BCUT2D eigenvalue weighted by Gasteiger charge is -2.43. The Morgan fingerprint density at radius 3 is 2.23 bits per heavy atom. The Labute approximate surface area is 255 Å². The predicted octanol–water partition coefficient (Wildman–Crippen LogP) is 6.97. The molecule has 5 atom stereocenters. The number of nitrogens with one attached hydrogen (secondary N) is 1. The normalized spacial score (nSPS) is 21.0. The van der Waals surface area contributed by atoms with Gasteiger partial charge >= 0.3 is 0 Å². The van der Waals surface area contributed by atoms with E-state index < -0.39 is 6.29 Å². The molecule has 43 heavy (non-hydrogen) atoms. The van der Waals surface area contributed by atoms with Gasteiger partial charge in [-0.3, -0.25) is 9.69 Å². The third-order valence-corrected chi connectivity index (χ3v) is 8.52. The van der Waals surface area contributed by atoms with Gasteiger partial charge in [-0.15, -0.1) is 0 Å². The molecule has 1 amide bonds. The van der Waals surface area contributed by atoms with Crippen LogP contribution in [0, 0.1) is 5.92 Å². The van der Waals surface area contributed by atoms with E-state index in [2.05, 4.69) is 104 Å². The zero-order valence-electron chi connectivity index (χ0n) is 25.4. The number of amides is 1. The van der Waals surface area contributed by atoms with Crippen molar-refractivity contribution in [2.24, 2.45) is 5.92 Å². The first-order valence-corrected chi connectivity index (χ1v) is 15.0. The molecule has 224 valence electrons. The average Bonchev–Trinajstić information content (AvgIpc) is 3.05. The van der Waals surface area contributed by atoms with E-state index in [0.29, 0.717) is 6.54 Å². The van der Waals surface area contributed by atoms with E-state index in [9.17, 15) is 9.90 Å². The molecule has 5 rings (SSSR count). The van der Waals surface area contributed by atoms with Gasteiger partial charge in [0.05, 0.1) is 18.8 Å². The number of hydrogen-bond donors (Lipinski definition) is 2. The summed E-state index contributed by atoms with van der Waals surface area (Å²) in [7, 11) is 2.15. The summed E-state index contributed by atoms with van der Waals surface area (Å²) in [6.45, 7) is 7.22. The lowest BCUT2D eigenvalue weighted by molar-refractivity contribution is -0.276. The van der Waals surface area contributed by atoms with E-state index in [4.69, 9.17) is 9.47 Å². The largest absolute Gasteiger partial charge is 0.392 e. The van der Waals surface area contributed by atoms with Gasteiger partial charge in [0.2, 0.25) is 5.91 Å². The summed E-state index contributed by atoms with van der Waals surface area (Å²) in [4.78, 5) is 13.7. The molecule has 2 N–H and O–H groups in total. The van der Waals surface area contributed by atoms with Gasteiger partial charge in [-0.25, -0.2) is 0 Å². The Kier molecular flexibility index (Phi) is 10.1. The summed E-state index contributed by atoms with van der Waals surface area (Å²) < 4.78 is 13.4. The fourth-order valence-corrected chi connectivity index (χ4v) is 5.68. The van der Waals surface area contributed by atoms with Gasteiger partial charge in [-0.1, -0.05) is 104 Å². The van der Waals surface area contributed by atoms with E-state index in [0.717, 1.165) is 39.9 Å². The maximum Gasteiger partial charge on any atom is 0.217 e. The van der Waals surface area contributed by atoms with Crippen molar-refractivity contribution < 1.29 is 19.4 Å². The van der Waals surface area contributed by atoms with Gasteiger partial charge < -0.3 is 19.9 Å². The molecule has 1 aliphatic heterocycles. The van der Waals surface area contributed by atoms with E-state index >= 15 is 0 Å². The molecule has 0 aromatic heterocycles. The number of ether oxygens (including phenoxy) is 2. The third-order valence-electron chi connectivity index (χ3n) is 8.52. The standard InChI is InChI=1S/C37H42N2O4/c1-25-35(23-39(4)26(2)30-10-6-5-7-11-30)42-37(43-36(25)32-15-13-28(24-40)14-16-32)33-19-17-31(18-20-33)34-12-8-9-29(21-34)22-38-27(3)41/h5-21,25-26,35-37,40H,22-24H2,1-4H3,(H,38,41)/t25-,26-,35+,36+,37+/m0/s1. The molecule has 1 saturated heterocycles. The molecule has 1 aliphatic rings. The zero-order chi connectivity index (χ0) is 30.3. The Morgan fingerprint density at radius 1 is 0.860 bits per heavy atom. The van der Waals surface area contributed by atoms with Gasteiger partial charge in [0.15, 0.2) is 6.29 Å². The van der Waals surface area contributed by atoms with Crippen LogP contribution in [0.5, 0.6) is 0 Å². The second-order valence-electron chi connectivity index (χ2n) is 11.6. The van der Waals surface area contributed by atoms with Crippen LogP contribution < -0.4 is 5.32 Å². The summed E-state index contributed by atoms with van der Waals surface area (Å²) in [6, 6.07) is 35.4. The molecule has 4 aromatic rings. The number of aliphatic hydroxyl groups is 1. The number of benzene rings is 4. The topological polar surface area (TPSA) is 71.0 Å². The molecule has 0 radical (unpaired) electrons. The van der Waals surface area contributed by atoms with Gasteiger partial charge in [0, 0.05) is 37.5 Å². The van der Waals surface area contributed by atoms with Crippen LogP contribution in [0.15, 0.2) is 103 Å². The highest BCUT2D eigenvalue weighted by molar-refractivity contribution is 5.73. The van der Waals surface area contributed by atoms with Crippen molar-refractivity contribution in [3.05, 3.63) is 131 Å². The van der Waals surface area contributed by atoms with Crippen molar-refractivity contribution in [1.82, 2.24) is 10.2 Å². The maximum atomic E-state index is 11.4. The molecule has 6 heteroatoms.